The van der Waals surface area contributed by atoms with E-state index in [4.69, 9.17) is 4.74 Å². The van der Waals surface area contributed by atoms with Gasteiger partial charge in [0.2, 0.25) is 0 Å². The number of carbonyl (C=O) groups is 1. The molecule has 0 N–H and O–H groups in total. The Hall–Kier alpha value is -2.86. The molecule has 0 amide bonds. The highest BCUT2D eigenvalue weighted by Gasteiger charge is 2.21. The second kappa shape index (κ2) is 8.48. The summed E-state index contributed by atoms with van der Waals surface area (Å²) in [5.41, 5.74) is 4.11. The molecule has 0 unspecified atom stereocenters. The first-order valence-corrected chi connectivity index (χ1v) is 10.1. The van der Waals surface area contributed by atoms with Crippen LogP contribution in [0.4, 0.5) is 8.78 Å². The van der Waals surface area contributed by atoms with Crippen molar-refractivity contribution in [3.05, 3.63) is 76.5 Å². The lowest BCUT2D eigenvalue weighted by Gasteiger charge is -2.23. The Morgan fingerprint density at radius 2 is 1.83 bits per heavy atom. The Morgan fingerprint density at radius 1 is 1.13 bits per heavy atom. The van der Waals surface area contributed by atoms with Crippen LogP contribution in [0, 0.1) is 18.6 Å². The predicted molar refractivity (Wildman–Crippen MR) is 111 cm³/mol. The van der Waals surface area contributed by atoms with Crippen LogP contribution in [0.15, 0.2) is 42.5 Å². The number of aromatic nitrogens is 2. The molecule has 0 spiro atoms. The zero-order chi connectivity index (χ0) is 21.3. The number of nitrogens with zero attached hydrogens (tertiary/aromatic N) is 2. The molecule has 1 saturated heterocycles. The summed E-state index contributed by atoms with van der Waals surface area (Å²) in [7, 11) is 1.77. The van der Waals surface area contributed by atoms with Gasteiger partial charge in [-0.05, 0) is 61.1 Å². The van der Waals surface area contributed by atoms with Crippen LogP contribution in [0.2, 0.25) is 0 Å². The van der Waals surface area contributed by atoms with Gasteiger partial charge in [0, 0.05) is 37.8 Å². The lowest BCUT2D eigenvalue weighted by atomic mass is 9.89. The van der Waals surface area contributed by atoms with Gasteiger partial charge in [-0.3, -0.25) is 9.48 Å². The summed E-state index contributed by atoms with van der Waals surface area (Å²) in [5.74, 6) is -1.41. The molecule has 3 aromatic rings. The molecule has 2 heterocycles. The highest BCUT2D eigenvalue weighted by Crippen LogP contribution is 2.32. The molecule has 4 nitrogen and oxygen atoms in total. The van der Waals surface area contributed by atoms with Gasteiger partial charge in [-0.25, -0.2) is 8.78 Å². The second-order valence-corrected chi connectivity index (χ2v) is 7.80. The van der Waals surface area contributed by atoms with Gasteiger partial charge >= 0.3 is 0 Å². The molecular formula is C24H24F2N2O2. The van der Waals surface area contributed by atoms with E-state index in [0.717, 1.165) is 55.0 Å². The maximum Gasteiger partial charge on any atom is 0.187 e. The van der Waals surface area contributed by atoms with Crippen LogP contribution in [0.5, 0.6) is 0 Å². The number of benzene rings is 2. The average Bonchev–Trinajstić information content (AvgIpc) is 3.13. The first-order valence-electron chi connectivity index (χ1n) is 10.1. The maximum atomic E-state index is 13.9. The summed E-state index contributed by atoms with van der Waals surface area (Å²) in [4.78, 5) is 12.7. The quantitative estimate of drug-likeness (QED) is 0.557. The van der Waals surface area contributed by atoms with E-state index in [2.05, 4.69) is 23.3 Å². The molecule has 1 aliphatic rings. The van der Waals surface area contributed by atoms with Crippen molar-refractivity contribution in [1.82, 2.24) is 9.78 Å². The van der Waals surface area contributed by atoms with Crippen molar-refractivity contribution in [2.75, 3.05) is 13.2 Å². The molecule has 1 fully saturated rings. The fourth-order valence-electron chi connectivity index (χ4n) is 4.01. The van der Waals surface area contributed by atoms with Gasteiger partial charge < -0.3 is 4.74 Å². The molecule has 0 radical (unpaired) electrons. The van der Waals surface area contributed by atoms with E-state index in [9.17, 15) is 13.6 Å². The molecule has 1 aromatic heterocycles. The minimum atomic E-state index is -0.723. The van der Waals surface area contributed by atoms with Crippen LogP contribution in [0.25, 0.3) is 11.3 Å². The Bertz CT molecular complexity index is 1060. The van der Waals surface area contributed by atoms with Crippen LogP contribution in [-0.2, 0) is 18.2 Å². The van der Waals surface area contributed by atoms with E-state index in [0.29, 0.717) is 5.92 Å². The molecule has 0 atom stereocenters. The molecule has 6 heteroatoms. The lowest BCUT2D eigenvalue weighted by molar-refractivity contribution is 0.0853. The van der Waals surface area contributed by atoms with Gasteiger partial charge in [0.15, 0.2) is 5.78 Å². The minimum absolute atomic E-state index is 0.200. The summed E-state index contributed by atoms with van der Waals surface area (Å²) in [6.07, 6.45) is 1.62. The van der Waals surface area contributed by atoms with Gasteiger partial charge in [0.05, 0.1) is 5.69 Å². The third kappa shape index (κ3) is 4.05. The monoisotopic (exact) mass is 410 g/mol. The Labute approximate surface area is 174 Å². The van der Waals surface area contributed by atoms with Crippen molar-refractivity contribution in [1.29, 1.82) is 0 Å². The predicted octanol–water partition coefficient (Wildman–Crippen LogP) is 4.99. The third-order valence-electron chi connectivity index (χ3n) is 5.79. The molecule has 1 aliphatic heterocycles. The van der Waals surface area contributed by atoms with Crippen LogP contribution in [0.3, 0.4) is 0 Å². The van der Waals surface area contributed by atoms with Gasteiger partial charge in [-0.1, -0.05) is 18.2 Å². The van der Waals surface area contributed by atoms with Gasteiger partial charge in [-0.2, -0.15) is 5.10 Å². The topological polar surface area (TPSA) is 44.1 Å². The van der Waals surface area contributed by atoms with Crippen LogP contribution in [-0.4, -0.2) is 28.8 Å². The zero-order valence-electron chi connectivity index (χ0n) is 17.1. The van der Waals surface area contributed by atoms with Gasteiger partial charge in [0.1, 0.15) is 17.3 Å². The molecule has 30 heavy (non-hydrogen) atoms. The summed E-state index contributed by atoms with van der Waals surface area (Å²) in [5, 5.41) is 4.33. The van der Waals surface area contributed by atoms with E-state index in [1.165, 1.54) is 11.6 Å². The summed E-state index contributed by atoms with van der Waals surface area (Å²) < 4.78 is 35.0. The Balaban J connectivity index is 1.63. The van der Waals surface area contributed by atoms with E-state index >= 15 is 0 Å². The average molecular weight is 410 g/mol. The van der Waals surface area contributed by atoms with E-state index in [1.54, 1.807) is 17.8 Å². The minimum Gasteiger partial charge on any atom is -0.381 e. The summed E-state index contributed by atoms with van der Waals surface area (Å²) >= 11 is 0. The molecule has 2 aromatic carbocycles. The number of rotatable bonds is 5. The number of hydrogen-bond donors (Lipinski definition) is 0. The number of carbonyl (C=O) groups excluding carboxylic acids is 1. The molecule has 0 saturated carbocycles. The fourth-order valence-corrected chi connectivity index (χ4v) is 4.01. The molecule has 0 aliphatic carbocycles. The van der Waals surface area contributed by atoms with Crippen molar-refractivity contribution < 1.29 is 18.3 Å². The Morgan fingerprint density at radius 3 is 2.53 bits per heavy atom. The number of halogens is 2. The number of ketones is 1. The summed E-state index contributed by atoms with van der Waals surface area (Å²) in [6, 6.07) is 11.7. The summed E-state index contributed by atoms with van der Waals surface area (Å²) in [6.45, 7) is 3.56. The Kier molecular flexibility index (Phi) is 5.77. The molecule has 156 valence electrons. The van der Waals surface area contributed by atoms with Crippen molar-refractivity contribution in [2.24, 2.45) is 7.05 Å². The SMILES string of the molecule is Cc1ccc(C2CCOCC2)cc1-c1cc(C(=O)Cc2c(F)cccc2F)nn1C. The number of aryl methyl sites for hydroxylation is 2. The van der Waals surface area contributed by atoms with Crippen LogP contribution >= 0.6 is 0 Å². The third-order valence-corrected chi connectivity index (χ3v) is 5.79. The molecule has 4 rings (SSSR count). The van der Waals surface area contributed by atoms with Crippen molar-refractivity contribution in [3.8, 4) is 11.3 Å². The molecule has 0 bridgehead atoms. The number of hydrogen-bond acceptors (Lipinski definition) is 3. The van der Waals surface area contributed by atoms with Crippen molar-refractivity contribution in [2.45, 2.75) is 32.1 Å². The van der Waals surface area contributed by atoms with E-state index in [-0.39, 0.29) is 17.7 Å². The van der Waals surface area contributed by atoms with Crippen LogP contribution < -0.4 is 0 Å². The lowest BCUT2D eigenvalue weighted by Crippen LogP contribution is -2.14. The first-order chi connectivity index (χ1) is 14.4. The smallest absolute Gasteiger partial charge is 0.187 e. The number of Topliss-reactive ketones (excluding diaryl/α,β-unsaturated/α-hetero) is 1. The zero-order valence-corrected chi connectivity index (χ0v) is 17.1. The van der Waals surface area contributed by atoms with Crippen LogP contribution in [0.1, 0.15) is 45.9 Å². The van der Waals surface area contributed by atoms with Gasteiger partial charge in [0.25, 0.3) is 0 Å². The van der Waals surface area contributed by atoms with E-state index < -0.39 is 17.4 Å². The normalized spacial score (nSPS) is 14.8. The molecular weight excluding hydrogens is 386 g/mol. The fraction of sp³-hybridized carbons (Fsp3) is 0.333. The van der Waals surface area contributed by atoms with Crippen molar-refractivity contribution >= 4 is 5.78 Å². The first kappa shape index (κ1) is 20.4. The highest BCUT2D eigenvalue weighted by atomic mass is 19.1. The maximum absolute atomic E-state index is 13.9. The van der Waals surface area contributed by atoms with E-state index in [1.807, 2.05) is 6.92 Å². The standard InChI is InChI=1S/C24H24F2N2O2/c1-15-6-7-17(16-8-10-30-11-9-16)12-18(15)23-14-22(27-28(23)2)24(29)13-19-20(25)4-3-5-21(19)26/h3-7,12,14,16H,8-11,13H2,1-2H3. The second-order valence-electron chi connectivity index (χ2n) is 7.80. The largest absolute Gasteiger partial charge is 0.381 e. The highest BCUT2D eigenvalue weighted by molar-refractivity contribution is 5.96. The van der Waals surface area contributed by atoms with Gasteiger partial charge in [-0.15, -0.1) is 0 Å². The van der Waals surface area contributed by atoms with Crippen molar-refractivity contribution in [3.63, 3.8) is 0 Å². The number of ether oxygens (including phenoxy) is 1.